The number of likely N-dealkylation sites (N-methyl/N-ethyl adjacent to an activating group) is 1. The zero-order chi connectivity index (χ0) is 14.7. The second-order valence-corrected chi connectivity index (χ2v) is 6.08. The smallest absolute Gasteiger partial charge is 0.137 e. The summed E-state index contributed by atoms with van der Waals surface area (Å²) in [6.07, 6.45) is 0.690. The normalized spacial score (nSPS) is 12.4. The molecule has 0 bridgehead atoms. The molecule has 2 rings (SSSR count). The van der Waals surface area contributed by atoms with E-state index < -0.39 is 0 Å². The molecule has 0 aliphatic heterocycles. The van der Waals surface area contributed by atoms with Gasteiger partial charge in [0.05, 0.1) is 14.5 Å². The molecule has 106 valence electrons. The molecule has 0 aliphatic carbocycles. The van der Waals surface area contributed by atoms with Crippen LogP contribution in [0.1, 0.15) is 17.2 Å². The molecule has 1 unspecified atom stereocenters. The molecule has 0 saturated heterocycles. The van der Waals surface area contributed by atoms with Crippen molar-refractivity contribution in [1.29, 1.82) is 0 Å². The van der Waals surface area contributed by atoms with Crippen LogP contribution in [0.4, 0.5) is 4.39 Å². The molecule has 5 heteroatoms. The van der Waals surface area contributed by atoms with Crippen molar-refractivity contribution in [3.8, 4) is 0 Å². The Morgan fingerprint density at radius 1 is 1.25 bits per heavy atom. The van der Waals surface area contributed by atoms with Gasteiger partial charge in [0.15, 0.2) is 0 Å². The third kappa shape index (κ3) is 3.53. The molecule has 1 N–H and O–H groups in total. The molecule has 0 fully saturated rings. The van der Waals surface area contributed by atoms with Gasteiger partial charge in [-0.3, -0.25) is 0 Å². The summed E-state index contributed by atoms with van der Waals surface area (Å²) in [6.45, 7) is 0. The van der Waals surface area contributed by atoms with Crippen LogP contribution in [0.3, 0.4) is 0 Å². The lowest BCUT2D eigenvalue weighted by Gasteiger charge is -2.19. The van der Waals surface area contributed by atoms with Crippen LogP contribution < -0.4 is 5.32 Å². The molecule has 0 heterocycles. The lowest BCUT2D eigenvalue weighted by atomic mass is 9.99. The van der Waals surface area contributed by atoms with Crippen LogP contribution in [-0.2, 0) is 6.42 Å². The quantitative estimate of drug-likeness (QED) is 0.753. The van der Waals surface area contributed by atoms with Gasteiger partial charge in [-0.25, -0.2) is 4.39 Å². The minimum Gasteiger partial charge on any atom is -0.313 e. The van der Waals surface area contributed by atoms with Gasteiger partial charge in [0, 0.05) is 6.04 Å². The summed E-state index contributed by atoms with van der Waals surface area (Å²) in [7, 11) is 1.86. The Morgan fingerprint density at radius 2 is 2.00 bits per heavy atom. The lowest BCUT2D eigenvalue weighted by Crippen LogP contribution is -2.19. The van der Waals surface area contributed by atoms with Gasteiger partial charge in [0.2, 0.25) is 0 Å². The fraction of sp³-hybridized carbons (Fsp3) is 0.200. The van der Waals surface area contributed by atoms with Gasteiger partial charge in [-0.15, -0.1) is 0 Å². The van der Waals surface area contributed by atoms with Crippen LogP contribution in [-0.4, -0.2) is 7.05 Å². The Labute approximate surface area is 136 Å². The average Bonchev–Trinajstić information content (AvgIpc) is 2.43. The monoisotopic (exact) mass is 375 g/mol. The molecule has 2 aromatic rings. The van der Waals surface area contributed by atoms with E-state index in [-0.39, 0.29) is 11.9 Å². The minimum atomic E-state index is -0.268. The predicted octanol–water partition coefficient (Wildman–Crippen LogP) is 5.40. The highest BCUT2D eigenvalue weighted by Gasteiger charge is 2.15. The highest BCUT2D eigenvalue weighted by atomic mass is 79.9. The number of halogens is 4. The van der Waals surface area contributed by atoms with E-state index in [1.807, 2.05) is 19.2 Å². The van der Waals surface area contributed by atoms with Crippen LogP contribution in [0.5, 0.6) is 0 Å². The third-order valence-electron chi connectivity index (χ3n) is 3.13. The minimum absolute atomic E-state index is 0.0126. The summed E-state index contributed by atoms with van der Waals surface area (Å²) >= 11 is 15.5. The van der Waals surface area contributed by atoms with Gasteiger partial charge in [-0.2, -0.15) is 0 Å². The number of hydrogen-bond donors (Lipinski definition) is 1. The summed E-state index contributed by atoms with van der Waals surface area (Å²) in [4.78, 5) is 0. The van der Waals surface area contributed by atoms with Crippen molar-refractivity contribution in [2.75, 3.05) is 7.05 Å². The Balaban J connectivity index is 2.28. The average molecular weight is 377 g/mol. The first-order chi connectivity index (χ1) is 9.52. The Morgan fingerprint density at radius 3 is 2.65 bits per heavy atom. The largest absolute Gasteiger partial charge is 0.313 e. The molecule has 0 aliphatic rings. The highest BCUT2D eigenvalue weighted by molar-refractivity contribution is 9.10. The van der Waals surface area contributed by atoms with E-state index in [9.17, 15) is 4.39 Å². The molecule has 0 spiro atoms. The topological polar surface area (TPSA) is 12.0 Å². The van der Waals surface area contributed by atoms with E-state index in [2.05, 4.69) is 21.2 Å². The van der Waals surface area contributed by atoms with Crippen molar-refractivity contribution < 1.29 is 4.39 Å². The SMILES string of the molecule is CNC(Cc1ccc(F)c(Br)c1)c1cccc(Cl)c1Cl. The summed E-state index contributed by atoms with van der Waals surface area (Å²) in [5, 5.41) is 4.30. The standard InChI is InChI=1S/C15H13BrCl2FN/c1-20-14(10-3-2-4-12(17)15(10)18)8-9-5-6-13(19)11(16)7-9/h2-7,14,20H,8H2,1H3. The fourth-order valence-electron chi connectivity index (χ4n) is 2.06. The lowest BCUT2D eigenvalue weighted by molar-refractivity contribution is 0.588. The van der Waals surface area contributed by atoms with Crippen LogP contribution in [0.15, 0.2) is 40.9 Å². The maximum absolute atomic E-state index is 13.3. The van der Waals surface area contributed by atoms with Gasteiger partial charge >= 0.3 is 0 Å². The maximum Gasteiger partial charge on any atom is 0.137 e. The van der Waals surface area contributed by atoms with Crippen molar-refractivity contribution in [1.82, 2.24) is 5.32 Å². The zero-order valence-corrected chi connectivity index (χ0v) is 13.9. The summed E-state index contributed by atoms with van der Waals surface area (Å²) < 4.78 is 13.7. The van der Waals surface area contributed by atoms with Crippen molar-refractivity contribution in [2.24, 2.45) is 0 Å². The maximum atomic E-state index is 13.3. The van der Waals surface area contributed by atoms with Gasteiger partial charge < -0.3 is 5.32 Å². The molecular weight excluding hydrogens is 364 g/mol. The van der Waals surface area contributed by atoms with Crippen LogP contribution in [0.2, 0.25) is 10.0 Å². The van der Waals surface area contributed by atoms with E-state index >= 15 is 0 Å². The highest BCUT2D eigenvalue weighted by Crippen LogP contribution is 2.31. The first kappa shape index (κ1) is 15.8. The Kier molecular flexibility index (Phi) is 5.44. The molecule has 2 aromatic carbocycles. The molecule has 0 radical (unpaired) electrons. The van der Waals surface area contributed by atoms with Gasteiger partial charge in [0.1, 0.15) is 5.82 Å². The molecule has 1 nitrogen and oxygen atoms in total. The van der Waals surface area contributed by atoms with Gasteiger partial charge in [-0.05, 0) is 58.7 Å². The van der Waals surface area contributed by atoms with Crippen molar-refractivity contribution >= 4 is 39.1 Å². The number of hydrogen-bond acceptors (Lipinski definition) is 1. The summed E-state index contributed by atoms with van der Waals surface area (Å²) in [5.74, 6) is -0.268. The van der Waals surface area contributed by atoms with Crippen LogP contribution in [0, 0.1) is 5.82 Å². The number of benzene rings is 2. The van der Waals surface area contributed by atoms with E-state index in [0.29, 0.717) is 20.9 Å². The van der Waals surface area contributed by atoms with Gasteiger partial charge in [-0.1, -0.05) is 41.4 Å². The molecule has 0 amide bonds. The second-order valence-electron chi connectivity index (χ2n) is 4.44. The van der Waals surface area contributed by atoms with Crippen molar-refractivity contribution in [3.63, 3.8) is 0 Å². The molecular formula is C15H13BrCl2FN. The number of rotatable bonds is 4. The molecule has 20 heavy (non-hydrogen) atoms. The summed E-state index contributed by atoms with van der Waals surface area (Å²) in [6, 6.07) is 10.6. The molecule has 0 aromatic heterocycles. The van der Waals surface area contributed by atoms with E-state index in [0.717, 1.165) is 11.1 Å². The predicted molar refractivity (Wildman–Crippen MR) is 86.1 cm³/mol. The Bertz CT molecular complexity index is 619. The summed E-state index contributed by atoms with van der Waals surface area (Å²) in [5.41, 5.74) is 1.94. The zero-order valence-electron chi connectivity index (χ0n) is 10.8. The van der Waals surface area contributed by atoms with Gasteiger partial charge in [0.25, 0.3) is 0 Å². The first-order valence-corrected chi connectivity index (χ1v) is 7.63. The third-order valence-corrected chi connectivity index (χ3v) is 4.57. The molecule has 0 saturated carbocycles. The van der Waals surface area contributed by atoms with Crippen molar-refractivity contribution in [2.45, 2.75) is 12.5 Å². The molecule has 1 atom stereocenters. The Hall–Kier alpha value is -0.610. The van der Waals surface area contributed by atoms with Crippen LogP contribution in [0.25, 0.3) is 0 Å². The number of nitrogens with one attached hydrogen (secondary N) is 1. The van der Waals surface area contributed by atoms with E-state index in [1.54, 1.807) is 18.2 Å². The second kappa shape index (κ2) is 6.90. The van der Waals surface area contributed by atoms with Crippen LogP contribution >= 0.6 is 39.1 Å². The first-order valence-electron chi connectivity index (χ1n) is 6.08. The van der Waals surface area contributed by atoms with E-state index in [4.69, 9.17) is 23.2 Å². The van der Waals surface area contributed by atoms with Crippen molar-refractivity contribution in [3.05, 3.63) is 67.9 Å². The van der Waals surface area contributed by atoms with E-state index in [1.165, 1.54) is 6.07 Å². The fourth-order valence-corrected chi connectivity index (χ4v) is 2.93.